The fourth-order valence-corrected chi connectivity index (χ4v) is 4.39. The van der Waals surface area contributed by atoms with Crippen molar-refractivity contribution < 1.29 is 0 Å². The van der Waals surface area contributed by atoms with Crippen LogP contribution in [0.2, 0.25) is 0 Å². The van der Waals surface area contributed by atoms with Gasteiger partial charge in [-0.05, 0) is 80.5 Å². The zero-order valence-corrected chi connectivity index (χ0v) is 13.1. The Bertz CT molecular complexity index is 451. The molecule has 0 spiro atoms. The lowest BCUT2D eigenvalue weighted by Crippen LogP contribution is -2.39. The number of benzene rings is 1. The minimum atomic E-state index is 0.728. The summed E-state index contributed by atoms with van der Waals surface area (Å²) in [6, 6.07) is 8.02. The number of rotatable bonds is 4. The molecule has 1 fully saturated rings. The van der Waals surface area contributed by atoms with Gasteiger partial charge in [-0.2, -0.15) is 0 Å². The molecule has 2 aliphatic carbocycles. The van der Waals surface area contributed by atoms with Gasteiger partial charge in [0.1, 0.15) is 0 Å². The molecule has 3 atom stereocenters. The van der Waals surface area contributed by atoms with Gasteiger partial charge < -0.3 is 5.32 Å². The van der Waals surface area contributed by atoms with E-state index in [1.54, 1.807) is 16.7 Å². The van der Waals surface area contributed by atoms with Crippen LogP contribution >= 0.6 is 0 Å². The highest BCUT2D eigenvalue weighted by Gasteiger charge is 2.28. The summed E-state index contributed by atoms with van der Waals surface area (Å²) in [7, 11) is 2.15. The van der Waals surface area contributed by atoms with Crippen molar-refractivity contribution >= 4 is 0 Å². The van der Waals surface area contributed by atoms with Gasteiger partial charge in [0, 0.05) is 6.04 Å². The summed E-state index contributed by atoms with van der Waals surface area (Å²) in [6.45, 7) is 2.36. The third-order valence-electron chi connectivity index (χ3n) is 5.70. The number of aryl methyl sites for hydroxylation is 2. The van der Waals surface area contributed by atoms with E-state index in [0.717, 1.165) is 17.9 Å². The van der Waals surface area contributed by atoms with Crippen molar-refractivity contribution in [2.24, 2.45) is 11.8 Å². The lowest BCUT2D eigenvalue weighted by atomic mass is 9.74. The van der Waals surface area contributed by atoms with E-state index in [2.05, 4.69) is 37.5 Å². The molecule has 3 rings (SSSR count). The average Bonchev–Trinajstić information content (AvgIpc) is 2.94. The van der Waals surface area contributed by atoms with Crippen LogP contribution in [0.1, 0.15) is 55.7 Å². The third-order valence-corrected chi connectivity index (χ3v) is 5.70. The van der Waals surface area contributed by atoms with Gasteiger partial charge in [0.05, 0.1) is 0 Å². The number of hydrogen-bond acceptors (Lipinski definition) is 1. The third kappa shape index (κ3) is 2.93. The summed E-state index contributed by atoms with van der Waals surface area (Å²) < 4.78 is 0. The van der Waals surface area contributed by atoms with E-state index in [0.29, 0.717) is 0 Å². The van der Waals surface area contributed by atoms with Crippen molar-refractivity contribution in [1.29, 1.82) is 0 Å². The second-order valence-corrected chi connectivity index (χ2v) is 6.90. The van der Waals surface area contributed by atoms with Crippen molar-refractivity contribution in [2.45, 2.75) is 64.3 Å². The molecular formula is C19H29N. The molecule has 0 aliphatic heterocycles. The molecule has 0 heterocycles. The summed E-state index contributed by atoms with van der Waals surface area (Å²) in [6.07, 6.45) is 10.8. The highest BCUT2D eigenvalue weighted by atomic mass is 14.9. The molecule has 1 saturated carbocycles. The Kier molecular flexibility index (Phi) is 4.45. The molecule has 0 saturated heterocycles. The first kappa shape index (κ1) is 14.1. The Morgan fingerprint density at radius 3 is 2.80 bits per heavy atom. The van der Waals surface area contributed by atoms with Crippen LogP contribution in [0.15, 0.2) is 18.2 Å². The van der Waals surface area contributed by atoms with E-state index in [4.69, 9.17) is 0 Å². The van der Waals surface area contributed by atoms with Crippen LogP contribution in [0.4, 0.5) is 0 Å². The molecule has 3 unspecified atom stereocenters. The lowest BCUT2D eigenvalue weighted by molar-refractivity contribution is 0.205. The van der Waals surface area contributed by atoms with Gasteiger partial charge in [-0.3, -0.25) is 0 Å². The second kappa shape index (κ2) is 6.30. The summed E-state index contributed by atoms with van der Waals surface area (Å²) >= 11 is 0. The highest BCUT2D eigenvalue weighted by Crippen LogP contribution is 2.34. The number of nitrogens with one attached hydrogen (secondary N) is 1. The van der Waals surface area contributed by atoms with Crippen LogP contribution in [-0.2, 0) is 19.3 Å². The van der Waals surface area contributed by atoms with E-state index < -0.39 is 0 Å². The molecule has 1 aromatic rings. The predicted octanol–water partition coefficient (Wildman–Crippen LogP) is 4.13. The Balaban J connectivity index is 1.71. The van der Waals surface area contributed by atoms with E-state index in [-0.39, 0.29) is 0 Å². The molecule has 20 heavy (non-hydrogen) atoms. The molecule has 2 aliphatic rings. The first-order chi connectivity index (χ1) is 9.80. The molecule has 0 bridgehead atoms. The quantitative estimate of drug-likeness (QED) is 0.868. The molecule has 1 N–H and O–H groups in total. The second-order valence-electron chi connectivity index (χ2n) is 6.90. The Morgan fingerprint density at radius 2 is 2.00 bits per heavy atom. The van der Waals surface area contributed by atoms with Crippen LogP contribution < -0.4 is 5.32 Å². The van der Waals surface area contributed by atoms with Gasteiger partial charge in [-0.25, -0.2) is 0 Å². The van der Waals surface area contributed by atoms with Gasteiger partial charge in [0.15, 0.2) is 0 Å². The van der Waals surface area contributed by atoms with Crippen molar-refractivity contribution in [3.8, 4) is 0 Å². The van der Waals surface area contributed by atoms with Crippen molar-refractivity contribution in [2.75, 3.05) is 7.05 Å². The fraction of sp³-hybridized carbons (Fsp3) is 0.684. The molecule has 0 radical (unpaired) electrons. The Labute approximate surface area is 124 Å². The van der Waals surface area contributed by atoms with Crippen LogP contribution in [0.5, 0.6) is 0 Å². The maximum atomic E-state index is 3.57. The molecular weight excluding hydrogens is 242 g/mol. The topological polar surface area (TPSA) is 12.0 Å². The molecule has 0 amide bonds. The van der Waals surface area contributed by atoms with Gasteiger partial charge >= 0.3 is 0 Å². The average molecular weight is 271 g/mol. The van der Waals surface area contributed by atoms with Crippen LogP contribution in [0.3, 0.4) is 0 Å². The van der Waals surface area contributed by atoms with E-state index in [9.17, 15) is 0 Å². The van der Waals surface area contributed by atoms with Crippen LogP contribution in [-0.4, -0.2) is 13.1 Å². The zero-order valence-electron chi connectivity index (χ0n) is 13.1. The minimum absolute atomic E-state index is 0.728. The molecule has 1 aromatic carbocycles. The van der Waals surface area contributed by atoms with Crippen molar-refractivity contribution in [3.05, 3.63) is 34.9 Å². The first-order valence-electron chi connectivity index (χ1n) is 8.58. The lowest BCUT2D eigenvalue weighted by Gasteiger charge is -2.36. The first-order valence-corrected chi connectivity index (χ1v) is 8.58. The normalized spacial score (nSPS) is 29.4. The predicted molar refractivity (Wildman–Crippen MR) is 86.1 cm³/mol. The smallest absolute Gasteiger partial charge is 0.00957 e. The van der Waals surface area contributed by atoms with Crippen molar-refractivity contribution in [1.82, 2.24) is 5.32 Å². The standard InChI is InChI=1S/C19H29N/c1-3-14-8-10-19(20-2)18(11-14)13-15-7-9-16-5-4-6-17(16)12-15/h7,9,12,14,18-20H,3-6,8,10-11,13H2,1-2H3. The zero-order chi connectivity index (χ0) is 13.9. The van der Waals surface area contributed by atoms with Gasteiger partial charge in [-0.1, -0.05) is 31.5 Å². The maximum Gasteiger partial charge on any atom is 0.00957 e. The fourth-order valence-electron chi connectivity index (χ4n) is 4.39. The van der Waals surface area contributed by atoms with Crippen LogP contribution in [0, 0.1) is 11.8 Å². The Morgan fingerprint density at radius 1 is 1.15 bits per heavy atom. The number of hydrogen-bond donors (Lipinski definition) is 1. The summed E-state index contributed by atoms with van der Waals surface area (Å²) in [5, 5.41) is 3.57. The maximum absolute atomic E-state index is 3.57. The van der Waals surface area contributed by atoms with E-state index in [1.807, 2.05) is 0 Å². The van der Waals surface area contributed by atoms with Gasteiger partial charge in [0.2, 0.25) is 0 Å². The van der Waals surface area contributed by atoms with E-state index in [1.165, 1.54) is 51.4 Å². The van der Waals surface area contributed by atoms with E-state index >= 15 is 0 Å². The summed E-state index contributed by atoms with van der Waals surface area (Å²) in [5.41, 5.74) is 4.81. The van der Waals surface area contributed by atoms with Crippen LogP contribution in [0.25, 0.3) is 0 Å². The minimum Gasteiger partial charge on any atom is -0.317 e. The van der Waals surface area contributed by atoms with Gasteiger partial charge in [0.25, 0.3) is 0 Å². The van der Waals surface area contributed by atoms with Crippen molar-refractivity contribution in [3.63, 3.8) is 0 Å². The summed E-state index contributed by atoms with van der Waals surface area (Å²) in [5.74, 6) is 1.79. The number of fused-ring (bicyclic) bond motifs is 1. The molecule has 110 valence electrons. The molecule has 1 nitrogen and oxygen atoms in total. The van der Waals surface area contributed by atoms with Gasteiger partial charge in [-0.15, -0.1) is 0 Å². The molecule has 0 aromatic heterocycles. The summed E-state index contributed by atoms with van der Waals surface area (Å²) in [4.78, 5) is 0. The highest BCUT2D eigenvalue weighted by molar-refractivity contribution is 5.35. The monoisotopic (exact) mass is 271 g/mol. The SMILES string of the molecule is CCC1CCC(NC)C(Cc2ccc3c(c2)CCC3)C1. The Hall–Kier alpha value is -0.820. The molecule has 1 heteroatoms. The largest absolute Gasteiger partial charge is 0.317 e.